The predicted molar refractivity (Wildman–Crippen MR) is 90.3 cm³/mol. The summed E-state index contributed by atoms with van der Waals surface area (Å²) in [4.78, 5) is 0. The first-order valence-corrected chi connectivity index (χ1v) is 7.87. The summed E-state index contributed by atoms with van der Waals surface area (Å²) in [5, 5.41) is 8.94. The van der Waals surface area contributed by atoms with Gasteiger partial charge in [0.1, 0.15) is 12.7 Å². The van der Waals surface area contributed by atoms with Crippen molar-refractivity contribution in [2.45, 2.75) is 25.4 Å². The van der Waals surface area contributed by atoms with Crippen LogP contribution in [0.4, 0.5) is 5.69 Å². The topological polar surface area (TPSA) is 50.7 Å². The monoisotopic (exact) mass is 311 g/mol. The van der Waals surface area contributed by atoms with Crippen LogP contribution in [0.25, 0.3) is 0 Å². The summed E-state index contributed by atoms with van der Waals surface area (Å²) in [7, 11) is 0. The number of hydrogen-bond acceptors (Lipinski definition) is 4. The van der Waals surface area contributed by atoms with E-state index in [9.17, 15) is 0 Å². The Morgan fingerprint density at radius 2 is 1.96 bits per heavy atom. The van der Waals surface area contributed by atoms with E-state index in [0.717, 1.165) is 25.0 Å². The SMILES string of the molecule is ONc1ccc2c(c1)OC(CC/C=C/Cc1ccccc1)CO2. The second-order valence-electron chi connectivity index (χ2n) is 5.56. The van der Waals surface area contributed by atoms with E-state index in [1.54, 1.807) is 18.2 Å². The van der Waals surface area contributed by atoms with E-state index in [1.807, 2.05) is 6.07 Å². The van der Waals surface area contributed by atoms with Crippen molar-refractivity contribution in [2.75, 3.05) is 12.1 Å². The smallest absolute Gasteiger partial charge is 0.163 e. The molecule has 0 aliphatic carbocycles. The van der Waals surface area contributed by atoms with Crippen LogP contribution in [-0.2, 0) is 6.42 Å². The molecule has 0 bridgehead atoms. The van der Waals surface area contributed by atoms with Crippen LogP contribution in [0.1, 0.15) is 18.4 Å². The molecule has 1 aliphatic heterocycles. The summed E-state index contributed by atoms with van der Waals surface area (Å²) >= 11 is 0. The summed E-state index contributed by atoms with van der Waals surface area (Å²) in [5.74, 6) is 1.40. The maximum atomic E-state index is 8.94. The molecule has 1 unspecified atom stereocenters. The maximum absolute atomic E-state index is 8.94. The van der Waals surface area contributed by atoms with Crippen LogP contribution in [0.15, 0.2) is 60.7 Å². The highest BCUT2D eigenvalue weighted by molar-refractivity contribution is 5.54. The lowest BCUT2D eigenvalue weighted by Gasteiger charge is -2.26. The molecule has 0 spiro atoms. The van der Waals surface area contributed by atoms with Gasteiger partial charge in [-0.05, 0) is 37.0 Å². The second-order valence-corrected chi connectivity index (χ2v) is 5.56. The van der Waals surface area contributed by atoms with Gasteiger partial charge in [-0.1, -0.05) is 42.5 Å². The molecule has 1 aliphatic rings. The molecule has 2 N–H and O–H groups in total. The number of rotatable bonds is 6. The van der Waals surface area contributed by atoms with E-state index >= 15 is 0 Å². The molecule has 0 saturated heterocycles. The van der Waals surface area contributed by atoms with E-state index in [-0.39, 0.29) is 6.10 Å². The molecular weight excluding hydrogens is 290 g/mol. The summed E-state index contributed by atoms with van der Waals surface area (Å²) in [6.07, 6.45) is 7.24. The highest BCUT2D eigenvalue weighted by atomic mass is 16.6. The minimum atomic E-state index is 0.0396. The third kappa shape index (κ3) is 4.27. The van der Waals surface area contributed by atoms with Crippen LogP contribution in [0.5, 0.6) is 11.5 Å². The van der Waals surface area contributed by atoms with Crippen LogP contribution in [0.2, 0.25) is 0 Å². The Morgan fingerprint density at radius 1 is 1.09 bits per heavy atom. The van der Waals surface area contributed by atoms with Crippen molar-refractivity contribution in [3.63, 3.8) is 0 Å². The Bertz CT molecular complexity index is 655. The van der Waals surface area contributed by atoms with Gasteiger partial charge < -0.3 is 9.47 Å². The Hall–Kier alpha value is -2.46. The molecule has 0 fully saturated rings. The van der Waals surface area contributed by atoms with Gasteiger partial charge in [0.05, 0.1) is 5.69 Å². The van der Waals surface area contributed by atoms with E-state index in [2.05, 4.69) is 41.9 Å². The van der Waals surface area contributed by atoms with Crippen LogP contribution >= 0.6 is 0 Å². The van der Waals surface area contributed by atoms with Crippen molar-refractivity contribution >= 4 is 5.69 Å². The number of ether oxygens (including phenoxy) is 2. The largest absolute Gasteiger partial charge is 0.486 e. The molecule has 4 nitrogen and oxygen atoms in total. The van der Waals surface area contributed by atoms with Gasteiger partial charge in [-0.25, -0.2) is 0 Å². The van der Waals surface area contributed by atoms with Gasteiger partial charge in [0.15, 0.2) is 11.5 Å². The van der Waals surface area contributed by atoms with E-state index in [1.165, 1.54) is 5.56 Å². The number of allylic oxidation sites excluding steroid dienone is 2. The molecule has 2 aromatic rings. The summed E-state index contributed by atoms with van der Waals surface area (Å²) in [6, 6.07) is 15.7. The first-order chi connectivity index (χ1) is 11.3. The molecule has 3 rings (SSSR count). The van der Waals surface area contributed by atoms with Gasteiger partial charge in [0, 0.05) is 6.07 Å². The summed E-state index contributed by atoms with van der Waals surface area (Å²) in [5.41, 5.74) is 4.03. The number of nitrogens with one attached hydrogen (secondary N) is 1. The van der Waals surface area contributed by atoms with Gasteiger partial charge in [0.2, 0.25) is 0 Å². The van der Waals surface area contributed by atoms with Crippen LogP contribution < -0.4 is 15.0 Å². The fraction of sp³-hybridized carbons (Fsp3) is 0.263. The second kappa shape index (κ2) is 7.70. The molecule has 1 atom stereocenters. The van der Waals surface area contributed by atoms with Crippen molar-refractivity contribution in [1.82, 2.24) is 0 Å². The zero-order chi connectivity index (χ0) is 15.9. The van der Waals surface area contributed by atoms with Crippen molar-refractivity contribution in [2.24, 2.45) is 0 Å². The zero-order valence-electron chi connectivity index (χ0n) is 12.9. The third-order valence-electron chi connectivity index (χ3n) is 3.81. The van der Waals surface area contributed by atoms with Gasteiger partial charge >= 0.3 is 0 Å². The normalized spacial score (nSPS) is 16.5. The van der Waals surface area contributed by atoms with Crippen LogP contribution in [-0.4, -0.2) is 17.9 Å². The number of benzene rings is 2. The van der Waals surface area contributed by atoms with E-state index in [4.69, 9.17) is 14.7 Å². The first kappa shape index (κ1) is 15.4. The molecule has 0 amide bonds. The quantitative estimate of drug-likeness (QED) is 0.620. The lowest BCUT2D eigenvalue weighted by Crippen LogP contribution is -2.28. The Balaban J connectivity index is 1.46. The van der Waals surface area contributed by atoms with Crippen molar-refractivity contribution < 1.29 is 14.7 Å². The van der Waals surface area contributed by atoms with Gasteiger partial charge in [0.25, 0.3) is 0 Å². The fourth-order valence-electron chi connectivity index (χ4n) is 2.56. The molecule has 0 radical (unpaired) electrons. The predicted octanol–water partition coefficient (Wildman–Crippen LogP) is 4.21. The zero-order valence-corrected chi connectivity index (χ0v) is 12.9. The highest BCUT2D eigenvalue weighted by Gasteiger charge is 2.20. The van der Waals surface area contributed by atoms with Crippen LogP contribution in [0, 0.1) is 0 Å². The molecule has 0 aromatic heterocycles. The number of anilines is 1. The Kier molecular flexibility index (Phi) is 5.17. The Labute approximate surface area is 136 Å². The van der Waals surface area contributed by atoms with Crippen molar-refractivity contribution in [3.8, 4) is 11.5 Å². The lowest BCUT2D eigenvalue weighted by molar-refractivity contribution is 0.0856. The standard InChI is InChI=1S/C19H21NO3/c21-20-16-11-12-18-19(13-16)23-17(14-22-18)10-6-2-5-9-15-7-3-1-4-8-15/h1-5,7-8,11-13,17,20-21H,6,9-10,14H2/b5-2+. The first-order valence-electron chi connectivity index (χ1n) is 7.87. The van der Waals surface area contributed by atoms with Gasteiger partial charge in [-0.3, -0.25) is 10.7 Å². The average molecular weight is 311 g/mol. The minimum absolute atomic E-state index is 0.0396. The molecule has 120 valence electrons. The number of fused-ring (bicyclic) bond motifs is 1. The van der Waals surface area contributed by atoms with Gasteiger partial charge in [-0.2, -0.15) is 0 Å². The average Bonchev–Trinajstić information content (AvgIpc) is 2.61. The molecule has 4 heteroatoms. The minimum Gasteiger partial charge on any atom is -0.486 e. The van der Waals surface area contributed by atoms with E-state index in [0.29, 0.717) is 18.0 Å². The van der Waals surface area contributed by atoms with Crippen LogP contribution in [0.3, 0.4) is 0 Å². The van der Waals surface area contributed by atoms with E-state index < -0.39 is 0 Å². The molecule has 1 heterocycles. The highest BCUT2D eigenvalue weighted by Crippen LogP contribution is 2.34. The molecule has 23 heavy (non-hydrogen) atoms. The molecular formula is C19H21NO3. The summed E-state index contributed by atoms with van der Waals surface area (Å²) < 4.78 is 11.6. The molecule has 0 saturated carbocycles. The van der Waals surface area contributed by atoms with Gasteiger partial charge in [-0.15, -0.1) is 0 Å². The molecule has 2 aromatic carbocycles. The Morgan fingerprint density at radius 3 is 2.78 bits per heavy atom. The third-order valence-corrected chi connectivity index (χ3v) is 3.81. The lowest BCUT2D eigenvalue weighted by atomic mass is 10.1. The number of hydrogen-bond donors (Lipinski definition) is 2. The maximum Gasteiger partial charge on any atom is 0.163 e. The van der Waals surface area contributed by atoms with Crippen molar-refractivity contribution in [1.29, 1.82) is 0 Å². The summed E-state index contributed by atoms with van der Waals surface area (Å²) in [6.45, 7) is 0.561. The van der Waals surface area contributed by atoms with Crippen molar-refractivity contribution in [3.05, 3.63) is 66.2 Å². The fourth-order valence-corrected chi connectivity index (χ4v) is 2.56.